The first kappa shape index (κ1) is 23.6. The Balaban J connectivity index is 1.48. The van der Waals surface area contributed by atoms with Gasteiger partial charge in [0, 0.05) is 37.3 Å². The van der Waals surface area contributed by atoms with E-state index in [1.165, 1.54) is 17.6 Å². The Hall–Kier alpha value is -4.52. The van der Waals surface area contributed by atoms with E-state index in [9.17, 15) is 29.6 Å². The molecule has 0 bridgehead atoms. The summed E-state index contributed by atoms with van der Waals surface area (Å²) in [7, 11) is 0. The van der Waals surface area contributed by atoms with Crippen molar-refractivity contribution in [3.63, 3.8) is 0 Å². The number of amides is 3. The SMILES string of the molecule is Cc1nc2cc([N+](=O)[O-])ccc2n1Cc1ccc(C(=O)N[C@@H]2CN(C(=O)O)C[C@@H]2C(=O)NO)cc1. The van der Waals surface area contributed by atoms with Crippen LogP contribution in [0.25, 0.3) is 11.0 Å². The molecule has 1 aromatic heterocycles. The fourth-order valence-electron chi connectivity index (χ4n) is 4.20. The number of nitro benzene ring substituents is 1. The highest BCUT2D eigenvalue weighted by Crippen LogP contribution is 2.23. The van der Waals surface area contributed by atoms with Crippen molar-refractivity contribution in [1.29, 1.82) is 0 Å². The molecule has 0 radical (unpaired) electrons. The predicted octanol–water partition coefficient (Wildman–Crippen LogP) is 1.51. The standard InChI is InChI=1S/C22H22N6O7/c1-12-23-17-8-15(28(34)35)6-7-19(17)27(12)9-13-2-4-14(5-3-13)20(29)24-18-11-26(22(31)32)10-16(18)21(30)25-33/h2-8,16,18,33H,9-11H2,1H3,(H,24,29)(H,25,30)(H,31,32)/t16-,18+/m0/s1. The minimum absolute atomic E-state index is 0.0371. The Labute approximate surface area is 198 Å². The quantitative estimate of drug-likeness (QED) is 0.232. The molecular formula is C22H22N6O7. The van der Waals surface area contributed by atoms with Crippen molar-refractivity contribution in [1.82, 2.24) is 25.2 Å². The fraction of sp³-hybridized carbons (Fsp3) is 0.273. The predicted molar refractivity (Wildman–Crippen MR) is 121 cm³/mol. The molecule has 1 saturated heterocycles. The zero-order valence-corrected chi connectivity index (χ0v) is 18.5. The second-order valence-electron chi connectivity index (χ2n) is 8.22. The number of carbonyl (C=O) groups is 3. The normalized spacial score (nSPS) is 17.4. The Morgan fingerprint density at radius 3 is 2.51 bits per heavy atom. The van der Waals surface area contributed by atoms with Gasteiger partial charge < -0.3 is 19.9 Å². The fourth-order valence-corrected chi connectivity index (χ4v) is 4.20. The minimum Gasteiger partial charge on any atom is -0.465 e. The Kier molecular flexibility index (Phi) is 6.34. The van der Waals surface area contributed by atoms with Crippen molar-refractivity contribution in [2.45, 2.75) is 19.5 Å². The van der Waals surface area contributed by atoms with Crippen LogP contribution in [-0.4, -0.2) is 66.7 Å². The van der Waals surface area contributed by atoms with Gasteiger partial charge in [0.2, 0.25) is 5.91 Å². The highest BCUT2D eigenvalue weighted by molar-refractivity contribution is 5.95. The van der Waals surface area contributed by atoms with E-state index >= 15 is 0 Å². The minimum atomic E-state index is -1.22. The molecule has 0 unspecified atom stereocenters. The first-order valence-electron chi connectivity index (χ1n) is 10.6. The van der Waals surface area contributed by atoms with E-state index in [1.54, 1.807) is 37.3 Å². The number of hydroxylamine groups is 1. The van der Waals surface area contributed by atoms with Crippen LogP contribution in [0.15, 0.2) is 42.5 Å². The van der Waals surface area contributed by atoms with Crippen molar-refractivity contribution in [2.24, 2.45) is 5.92 Å². The molecule has 35 heavy (non-hydrogen) atoms. The summed E-state index contributed by atoms with van der Waals surface area (Å²) in [4.78, 5) is 51.8. The average Bonchev–Trinajstić information content (AvgIpc) is 3.39. The van der Waals surface area contributed by atoms with Crippen LogP contribution in [-0.2, 0) is 11.3 Å². The number of carboxylic acid groups (broad SMARTS) is 1. The van der Waals surface area contributed by atoms with Crippen molar-refractivity contribution in [3.05, 3.63) is 69.5 Å². The van der Waals surface area contributed by atoms with E-state index in [2.05, 4.69) is 10.3 Å². The molecule has 2 atom stereocenters. The number of hydrogen-bond donors (Lipinski definition) is 4. The van der Waals surface area contributed by atoms with Gasteiger partial charge in [0.15, 0.2) is 0 Å². The zero-order chi connectivity index (χ0) is 25.3. The summed E-state index contributed by atoms with van der Waals surface area (Å²) in [6.45, 7) is 2.00. The number of hydrogen-bond acceptors (Lipinski definition) is 7. The number of non-ortho nitro benzene ring substituents is 1. The second kappa shape index (κ2) is 9.38. The van der Waals surface area contributed by atoms with E-state index in [4.69, 9.17) is 5.21 Å². The van der Waals surface area contributed by atoms with E-state index in [0.717, 1.165) is 16.0 Å². The summed E-state index contributed by atoms with van der Waals surface area (Å²) in [5, 5.41) is 31.8. The van der Waals surface area contributed by atoms with Crippen molar-refractivity contribution in [2.75, 3.05) is 13.1 Å². The van der Waals surface area contributed by atoms with Gasteiger partial charge in [-0.1, -0.05) is 12.1 Å². The number of benzene rings is 2. The number of fused-ring (bicyclic) bond motifs is 1. The number of likely N-dealkylation sites (tertiary alicyclic amines) is 1. The number of carbonyl (C=O) groups excluding carboxylic acids is 2. The molecule has 3 aromatic rings. The van der Waals surface area contributed by atoms with Crippen LogP contribution in [0, 0.1) is 23.0 Å². The lowest BCUT2D eigenvalue weighted by molar-refractivity contribution is -0.384. The van der Waals surface area contributed by atoms with Gasteiger partial charge in [-0.05, 0) is 30.7 Å². The molecule has 13 heteroatoms. The molecular weight excluding hydrogens is 460 g/mol. The molecule has 0 aliphatic carbocycles. The zero-order valence-electron chi connectivity index (χ0n) is 18.5. The molecule has 2 aromatic carbocycles. The average molecular weight is 482 g/mol. The molecule has 0 spiro atoms. The van der Waals surface area contributed by atoms with Gasteiger partial charge in [0.05, 0.1) is 27.9 Å². The maximum Gasteiger partial charge on any atom is 0.407 e. The number of rotatable bonds is 6. The first-order valence-corrected chi connectivity index (χ1v) is 10.6. The molecule has 1 fully saturated rings. The lowest BCUT2D eigenvalue weighted by atomic mass is 10.0. The van der Waals surface area contributed by atoms with E-state index in [0.29, 0.717) is 23.4 Å². The molecule has 0 saturated carbocycles. The van der Waals surface area contributed by atoms with Crippen molar-refractivity contribution < 1.29 is 29.6 Å². The maximum absolute atomic E-state index is 12.7. The molecule has 1 aliphatic heterocycles. The van der Waals surface area contributed by atoms with Gasteiger partial charge >= 0.3 is 6.09 Å². The summed E-state index contributed by atoms with van der Waals surface area (Å²) >= 11 is 0. The van der Waals surface area contributed by atoms with Crippen molar-refractivity contribution >= 4 is 34.6 Å². The lowest BCUT2D eigenvalue weighted by Gasteiger charge is -2.18. The number of aryl methyl sites for hydroxylation is 1. The lowest BCUT2D eigenvalue weighted by Crippen LogP contribution is -2.45. The van der Waals surface area contributed by atoms with E-state index < -0.39 is 34.8 Å². The van der Waals surface area contributed by atoms with Gasteiger partial charge in [0.25, 0.3) is 11.6 Å². The summed E-state index contributed by atoms with van der Waals surface area (Å²) in [6.07, 6.45) is -1.22. The Bertz CT molecular complexity index is 1320. The molecule has 182 valence electrons. The molecule has 4 N–H and O–H groups in total. The first-order chi connectivity index (χ1) is 16.7. The number of nitrogens with zero attached hydrogens (tertiary/aromatic N) is 4. The van der Waals surface area contributed by atoms with Gasteiger partial charge in [0.1, 0.15) is 5.82 Å². The van der Waals surface area contributed by atoms with Crippen LogP contribution < -0.4 is 10.8 Å². The Morgan fingerprint density at radius 1 is 1.17 bits per heavy atom. The third-order valence-corrected chi connectivity index (χ3v) is 6.04. The van der Waals surface area contributed by atoms with Crippen LogP contribution >= 0.6 is 0 Å². The number of nitrogens with one attached hydrogen (secondary N) is 2. The van der Waals surface area contributed by atoms with Crippen LogP contribution in [0.5, 0.6) is 0 Å². The second-order valence-corrected chi connectivity index (χ2v) is 8.22. The number of aromatic nitrogens is 2. The van der Waals surface area contributed by atoms with Crippen LogP contribution in [0.1, 0.15) is 21.7 Å². The molecule has 3 amide bonds. The number of imidazole rings is 1. The van der Waals surface area contributed by atoms with Crippen molar-refractivity contribution in [3.8, 4) is 0 Å². The molecule has 1 aliphatic rings. The molecule has 13 nitrogen and oxygen atoms in total. The van der Waals surface area contributed by atoms with E-state index in [1.807, 2.05) is 4.57 Å². The van der Waals surface area contributed by atoms with Crippen LogP contribution in [0.3, 0.4) is 0 Å². The summed E-state index contributed by atoms with van der Waals surface area (Å²) in [5.41, 5.74) is 3.91. The third kappa shape index (κ3) is 4.75. The highest BCUT2D eigenvalue weighted by Gasteiger charge is 2.40. The van der Waals surface area contributed by atoms with Gasteiger partial charge in [-0.2, -0.15) is 0 Å². The van der Waals surface area contributed by atoms with Crippen LogP contribution in [0.4, 0.5) is 10.5 Å². The summed E-state index contributed by atoms with van der Waals surface area (Å²) in [6, 6.07) is 10.4. The van der Waals surface area contributed by atoms with Gasteiger partial charge in [-0.25, -0.2) is 15.3 Å². The van der Waals surface area contributed by atoms with Crippen LogP contribution in [0.2, 0.25) is 0 Å². The topological polar surface area (TPSA) is 180 Å². The van der Waals surface area contributed by atoms with Gasteiger partial charge in [-0.15, -0.1) is 0 Å². The Morgan fingerprint density at radius 2 is 1.89 bits per heavy atom. The monoisotopic (exact) mass is 482 g/mol. The summed E-state index contributed by atoms with van der Waals surface area (Å²) in [5.74, 6) is -1.50. The highest BCUT2D eigenvalue weighted by atomic mass is 16.6. The smallest absolute Gasteiger partial charge is 0.407 e. The number of nitro groups is 1. The maximum atomic E-state index is 12.7. The molecule has 2 heterocycles. The van der Waals surface area contributed by atoms with Gasteiger partial charge in [-0.3, -0.25) is 24.9 Å². The third-order valence-electron chi connectivity index (χ3n) is 6.04. The molecule has 4 rings (SSSR count). The summed E-state index contributed by atoms with van der Waals surface area (Å²) < 4.78 is 1.91. The largest absolute Gasteiger partial charge is 0.465 e. The van der Waals surface area contributed by atoms with E-state index in [-0.39, 0.29) is 18.8 Å².